The number of nitrogens with zero attached hydrogens (tertiary/aromatic N) is 2. The van der Waals surface area contributed by atoms with Gasteiger partial charge in [0.15, 0.2) is 0 Å². The molecule has 0 aliphatic carbocycles. The van der Waals surface area contributed by atoms with Crippen LogP contribution in [0.2, 0.25) is 0 Å². The van der Waals surface area contributed by atoms with Gasteiger partial charge < -0.3 is 10.2 Å². The second kappa shape index (κ2) is 6.44. The van der Waals surface area contributed by atoms with Crippen LogP contribution in [0.1, 0.15) is 32.4 Å². The van der Waals surface area contributed by atoms with E-state index < -0.39 is 0 Å². The predicted molar refractivity (Wildman–Crippen MR) is 89.7 cm³/mol. The number of fused-ring (bicyclic) bond motifs is 1. The van der Waals surface area contributed by atoms with Crippen molar-refractivity contribution in [2.75, 3.05) is 24.5 Å². The average Bonchev–Trinajstić information content (AvgIpc) is 2.53. The number of hydrogen-bond donors (Lipinski definition) is 1. The van der Waals surface area contributed by atoms with Crippen molar-refractivity contribution in [1.29, 1.82) is 0 Å². The third-order valence-corrected chi connectivity index (χ3v) is 4.41. The molecular weight excluding hydrogens is 258 g/mol. The topological polar surface area (TPSA) is 28.2 Å². The van der Waals surface area contributed by atoms with E-state index in [0.29, 0.717) is 0 Å². The first-order valence-corrected chi connectivity index (χ1v) is 8.12. The van der Waals surface area contributed by atoms with E-state index >= 15 is 0 Å². The van der Waals surface area contributed by atoms with Gasteiger partial charge in [0.05, 0.1) is 5.69 Å². The molecule has 0 unspecified atom stereocenters. The minimum Gasteiger partial charge on any atom is -0.356 e. The molecule has 1 aromatic heterocycles. The van der Waals surface area contributed by atoms with Crippen LogP contribution in [0, 0.1) is 5.92 Å². The van der Waals surface area contributed by atoms with Gasteiger partial charge in [-0.3, -0.25) is 0 Å². The van der Waals surface area contributed by atoms with Crippen LogP contribution in [0.25, 0.3) is 10.8 Å². The fraction of sp³-hybridized carbons (Fsp3) is 0.500. The van der Waals surface area contributed by atoms with Gasteiger partial charge >= 0.3 is 0 Å². The Balaban J connectivity index is 1.98. The number of anilines is 1. The Kier molecular flexibility index (Phi) is 4.39. The highest BCUT2D eigenvalue weighted by Gasteiger charge is 2.19. The summed E-state index contributed by atoms with van der Waals surface area (Å²) >= 11 is 0. The van der Waals surface area contributed by atoms with Gasteiger partial charge in [-0.15, -0.1) is 0 Å². The van der Waals surface area contributed by atoms with Gasteiger partial charge in [-0.05, 0) is 36.8 Å². The lowest BCUT2D eigenvalue weighted by Crippen LogP contribution is -2.33. The highest BCUT2D eigenvalue weighted by atomic mass is 15.2. The fourth-order valence-corrected chi connectivity index (χ4v) is 3.04. The van der Waals surface area contributed by atoms with E-state index in [1.165, 1.54) is 29.4 Å². The number of rotatable bonds is 4. The third kappa shape index (κ3) is 3.18. The van der Waals surface area contributed by atoms with E-state index in [4.69, 9.17) is 4.98 Å². The molecule has 1 aromatic carbocycles. The molecule has 21 heavy (non-hydrogen) atoms. The molecule has 0 saturated carbocycles. The summed E-state index contributed by atoms with van der Waals surface area (Å²) in [5.74, 6) is 2.02. The fourth-order valence-electron chi connectivity index (χ4n) is 3.04. The van der Waals surface area contributed by atoms with Crippen molar-refractivity contribution in [3.05, 3.63) is 36.0 Å². The summed E-state index contributed by atoms with van der Waals surface area (Å²) in [6.45, 7) is 8.56. The van der Waals surface area contributed by atoms with Crippen LogP contribution in [0.15, 0.2) is 30.3 Å². The normalized spacial score (nSPS) is 16.6. The van der Waals surface area contributed by atoms with Crippen LogP contribution in [0.4, 0.5) is 5.82 Å². The number of benzene rings is 1. The maximum atomic E-state index is 4.95. The summed E-state index contributed by atoms with van der Waals surface area (Å²) in [5.41, 5.74) is 1.14. The van der Waals surface area contributed by atoms with Gasteiger partial charge in [-0.25, -0.2) is 4.98 Å². The molecule has 3 heteroatoms. The standard InChI is InChI=1S/C18H25N3/c1-3-19-13-16-12-15-6-4-5-7-17(15)18(20-16)21-10-8-14(2)9-11-21/h4-7,12,14,19H,3,8-11,13H2,1-2H3. The molecule has 1 N–H and O–H groups in total. The smallest absolute Gasteiger partial charge is 0.136 e. The number of piperidine rings is 1. The Hall–Kier alpha value is -1.61. The third-order valence-electron chi connectivity index (χ3n) is 4.41. The summed E-state index contributed by atoms with van der Waals surface area (Å²) in [4.78, 5) is 7.42. The van der Waals surface area contributed by atoms with Crippen LogP contribution in [-0.2, 0) is 6.54 Å². The lowest BCUT2D eigenvalue weighted by molar-refractivity contribution is 0.437. The molecule has 3 rings (SSSR count). The summed E-state index contributed by atoms with van der Waals surface area (Å²) in [6.07, 6.45) is 2.54. The van der Waals surface area contributed by atoms with E-state index in [9.17, 15) is 0 Å². The van der Waals surface area contributed by atoms with E-state index in [1.807, 2.05) is 0 Å². The Morgan fingerprint density at radius 3 is 2.76 bits per heavy atom. The first-order chi connectivity index (χ1) is 10.3. The molecule has 0 spiro atoms. The number of hydrogen-bond acceptors (Lipinski definition) is 3. The van der Waals surface area contributed by atoms with Crippen LogP contribution < -0.4 is 10.2 Å². The summed E-state index contributed by atoms with van der Waals surface area (Å²) < 4.78 is 0. The Morgan fingerprint density at radius 1 is 1.24 bits per heavy atom. The van der Waals surface area contributed by atoms with Crippen molar-refractivity contribution in [1.82, 2.24) is 10.3 Å². The first-order valence-electron chi connectivity index (χ1n) is 8.12. The maximum absolute atomic E-state index is 4.95. The van der Waals surface area contributed by atoms with E-state index in [1.54, 1.807) is 0 Å². The molecule has 112 valence electrons. The van der Waals surface area contributed by atoms with Crippen molar-refractivity contribution >= 4 is 16.6 Å². The predicted octanol–water partition coefficient (Wildman–Crippen LogP) is 3.58. The van der Waals surface area contributed by atoms with Crippen molar-refractivity contribution in [2.45, 2.75) is 33.2 Å². The summed E-state index contributed by atoms with van der Waals surface area (Å²) in [6, 6.07) is 10.8. The quantitative estimate of drug-likeness (QED) is 0.929. The van der Waals surface area contributed by atoms with Gasteiger partial charge in [-0.2, -0.15) is 0 Å². The van der Waals surface area contributed by atoms with Gasteiger partial charge in [0.25, 0.3) is 0 Å². The Morgan fingerprint density at radius 2 is 2.00 bits per heavy atom. The van der Waals surface area contributed by atoms with E-state index in [2.05, 4.69) is 54.4 Å². The largest absolute Gasteiger partial charge is 0.356 e. The highest BCUT2D eigenvalue weighted by Crippen LogP contribution is 2.29. The Bertz CT molecular complexity index is 600. The second-order valence-corrected chi connectivity index (χ2v) is 6.11. The van der Waals surface area contributed by atoms with Gasteiger partial charge in [0.1, 0.15) is 5.82 Å². The number of aromatic nitrogens is 1. The minimum absolute atomic E-state index is 0.845. The summed E-state index contributed by atoms with van der Waals surface area (Å²) in [7, 11) is 0. The molecule has 1 fully saturated rings. The van der Waals surface area contributed by atoms with Crippen LogP contribution in [0.5, 0.6) is 0 Å². The molecular formula is C18H25N3. The average molecular weight is 283 g/mol. The zero-order chi connectivity index (χ0) is 14.7. The zero-order valence-corrected chi connectivity index (χ0v) is 13.1. The molecule has 0 amide bonds. The molecule has 2 aromatic rings. The molecule has 1 aliphatic rings. The van der Waals surface area contributed by atoms with Crippen LogP contribution in [-0.4, -0.2) is 24.6 Å². The van der Waals surface area contributed by atoms with Crippen LogP contribution >= 0.6 is 0 Å². The monoisotopic (exact) mass is 283 g/mol. The minimum atomic E-state index is 0.845. The van der Waals surface area contributed by atoms with Crippen molar-refractivity contribution in [2.24, 2.45) is 5.92 Å². The first kappa shape index (κ1) is 14.3. The van der Waals surface area contributed by atoms with E-state index in [-0.39, 0.29) is 0 Å². The zero-order valence-electron chi connectivity index (χ0n) is 13.1. The molecule has 0 bridgehead atoms. The van der Waals surface area contributed by atoms with Gasteiger partial charge in [0, 0.05) is 25.0 Å². The second-order valence-electron chi connectivity index (χ2n) is 6.11. The SMILES string of the molecule is CCNCc1cc2ccccc2c(N2CCC(C)CC2)n1. The van der Waals surface area contributed by atoms with Crippen LogP contribution in [0.3, 0.4) is 0 Å². The Labute approximate surface area is 127 Å². The molecule has 1 saturated heterocycles. The highest BCUT2D eigenvalue weighted by molar-refractivity contribution is 5.92. The summed E-state index contributed by atoms with van der Waals surface area (Å²) in [5, 5.41) is 5.97. The molecule has 0 atom stereocenters. The molecule has 1 aliphatic heterocycles. The number of nitrogens with one attached hydrogen (secondary N) is 1. The van der Waals surface area contributed by atoms with Gasteiger partial charge in [-0.1, -0.05) is 38.1 Å². The van der Waals surface area contributed by atoms with E-state index in [0.717, 1.165) is 37.8 Å². The van der Waals surface area contributed by atoms with Crippen molar-refractivity contribution in [3.63, 3.8) is 0 Å². The number of pyridine rings is 1. The lowest BCUT2D eigenvalue weighted by Gasteiger charge is -2.32. The molecule has 0 radical (unpaired) electrons. The van der Waals surface area contributed by atoms with Gasteiger partial charge in [0.2, 0.25) is 0 Å². The molecule has 2 heterocycles. The molecule has 3 nitrogen and oxygen atoms in total. The van der Waals surface area contributed by atoms with Crippen molar-refractivity contribution in [3.8, 4) is 0 Å². The van der Waals surface area contributed by atoms with Crippen molar-refractivity contribution < 1.29 is 0 Å². The maximum Gasteiger partial charge on any atom is 0.136 e. The lowest BCUT2D eigenvalue weighted by atomic mass is 9.98.